The van der Waals surface area contributed by atoms with Gasteiger partial charge in [0.2, 0.25) is 0 Å². The molecule has 0 aliphatic carbocycles. The Kier molecular flexibility index (Phi) is 3.43. The van der Waals surface area contributed by atoms with E-state index in [0.29, 0.717) is 28.1 Å². The number of aliphatic hydroxyl groups is 1. The van der Waals surface area contributed by atoms with Crippen molar-refractivity contribution in [2.75, 3.05) is 0 Å². The van der Waals surface area contributed by atoms with Crippen LogP contribution in [0, 0.1) is 0 Å². The molecule has 0 spiro atoms. The number of aromatic amines is 1. The van der Waals surface area contributed by atoms with Gasteiger partial charge in [0.15, 0.2) is 5.82 Å². The minimum atomic E-state index is -0.176. The van der Waals surface area contributed by atoms with Gasteiger partial charge in [0.25, 0.3) is 0 Å². The third kappa shape index (κ3) is 2.52. The maximum absolute atomic E-state index is 8.82. The van der Waals surface area contributed by atoms with Crippen molar-refractivity contribution in [1.29, 1.82) is 0 Å². The summed E-state index contributed by atoms with van der Waals surface area (Å²) in [5.41, 5.74) is 0.909. The lowest BCUT2D eigenvalue weighted by molar-refractivity contribution is 0.272. The Morgan fingerprint density at radius 3 is 2.75 bits per heavy atom. The lowest BCUT2D eigenvalue weighted by atomic mass is 10.1. The highest BCUT2D eigenvalue weighted by molar-refractivity contribution is 6.35. The molecule has 0 radical (unpaired) electrons. The van der Waals surface area contributed by atoms with Gasteiger partial charge >= 0.3 is 0 Å². The molecule has 4 nitrogen and oxygen atoms in total. The molecular weight excluding hydrogens is 249 g/mol. The van der Waals surface area contributed by atoms with Crippen LogP contribution in [0.1, 0.15) is 17.2 Å². The molecule has 0 aliphatic rings. The molecule has 2 rings (SSSR count). The van der Waals surface area contributed by atoms with E-state index in [2.05, 4.69) is 15.2 Å². The Labute approximate surface area is 102 Å². The van der Waals surface area contributed by atoms with Crippen molar-refractivity contribution in [2.24, 2.45) is 0 Å². The number of benzene rings is 1. The number of nitrogens with zero attached hydrogens (tertiary/aromatic N) is 2. The normalized spacial score (nSPS) is 10.7. The summed E-state index contributed by atoms with van der Waals surface area (Å²) in [6.45, 7) is -0.176. The summed E-state index contributed by atoms with van der Waals surface area (Å²) < 4.78 is 0. The van der Waals surface area contributed by atoms with E-state index in [1.54, 1.807) is 12.1 Å². The molecule has 16 heavy (non-hydrogen) atoms. The highest BCUT2D eigenvalue weighted by Crippen LogP contribution is 2.22. The predicted octanol–water partition coefficient (Wildman–Crippen LogP) is 2.19. The molecule has 2 aromatic rings. The van der Waals surface area contributed by atoms with Crippen molar-refractivity contribution in [3.05, 3.63) is 45.5 Å². The Morgan fingerprint density at radius 1 is 1.31 bits per heavy atom. The van der Waals surface area contributed by atoms with E-state index in [1.165, 1.54) is 0 Å². The molecule has 0 bridgehead atoms. The van der Waals surface area contributed by atoms with Crippen molar-refractivity contribution in [1.82, 2.24) is 15.2 Å². The van der Waals surface area contributed by atoms with E-state index in [9.17, 15) is 0 Å². The van der Waals surface area contributed by atoms with Crippen LogP contribution in [0.4, 0.5) is 0 Å². The molecule has 0 amide bonds. The fraction of sp³-hybridized carbons (Fsp3) is 0.200. The summed E-state index contributed by atoms with van der Waals surface area (Å²) in [7, 11) is 0. The number of halogens is 2. The SMILES string of the molecule is OCc1n[nH]c(Cc2ccc(Cl)cc2Cl)n1. The summed E-state index contributed by atoms with van der Waals surface area (Å²) in [5, 5.41) is 16.6. The Hall–Kier alpha value is -1.10. The van der Waals surface area contributed by atoms with Crippen molar-refractivity contribution in [3.63, 3.8) is 0 Å². The second-order valence-corrected chi connectivity index (χ2v) is 4.11. The molecule has 84 valence electrons. The van der Waals surface area contributed by atoms with Crippen LogP contribution in [-0.4, -0.2) is 20.3 Å². The topological polar surface area (TPSA) is 61.8 Å². The fourth-order valence-corrected chi connectivity index (χ4v) is 1.81. The highest BCUT2D eigenvalue weighted by atomic mass is 35.5. The molecule has 0 saturated heterocycles. The Balaban J connectivity index is 2.20. The summed E-state index contributed by atoms with van der Waals surface area (Å²) >= 11 is 11.8. The van der Waals surface area contributed by atoms with E-state index < -0.39 is 0 Å². The third-order valence-electron chi connectivity index (χ3n) is 2.09. The van der Waals surface area contributed by atoms with Gasteiger partial charge in [-0.05, 0) is 17.7 Å². The summed E-state index contributed by atoms with van der Waals surface area (Å²) in [4.78, 5) is 4.08. The first kappa shape index (κ1) is 11.4. The van der Waals surface area contributed by atoms with Gasteiger partial charge in [0.1, 0.15) is 12.4 Å². The molecule has 1 aromatic carbocycles. The summed E-state index contributed by atoms with van der Waals surface area (Å²) in [6.07, 6.45) is 0.531. The van der Waals surface area contributed by atoms with Crippen LogP contribution >= 0.6 is 23.2 Å². The zero-order chi connectivity index (χ0) is 11.5. The van der Waals surface area contributed by atoms with E-state index in [0.717, 1.165) is 5.56 Å². The quantitative estimate of drug-likeness (QED) is 0.887. The van der Waals surface area contributed by atoms with Gasteiger partial charge in [0.05, 0.1) is 0 Å². The van der Waals surface area contributed by atoms with Gasteiger partial charge in [-0.15, -0.1) is 0 Å². The Bertz CT molecular complexity index is 499. The minimum absolute atomic E-state index is 0.176. The second-order valence-electron chi connectivity index (χ2n) is 3.27. The standard InChI is InChI=1S/C10H9Cl2N3O/c11-7-2-1-6(8(12)4-7)3-9-13-10(5-16)15-14-9/h1-2,4,16H,3,5H2,(H,13,14,15). The third-order valence-corrected chi connectivity index (χ3v) is 2.68. The number of nitrogens with one attached hydrogen (secondary N) is 1. The summed E-state index contributed by atoms with van der Waals surface area (Å²) in [6, 6.07) is 5.29. The summed E-state index contributed by atoms with van der Waals surface area (Å²) in [5.74, 6) is 1.04. The number of rotatable bonds is 3. The molecule has 0 saturated carbocycles. The number of hydrogen-bond donors (Lipinski definition) is 2. The van der Waals surface area contributed by atoms with Crippen molar-refractivity contribution < 1.29 is 5.11 Å². The lowest BCUT2D eigenvalue weighted by Crippen LogP contribution is -1.92. The van der Waals surface area contributed by atoms with Gasteiger partial charge in [-0.25, -0.2) is 4.98 Å². The zero-order valence-electron chi connectivity index (χ0n) is 8.24. The highest BCUT2D eigenvalue weighted by Gasteiger charge is 2.06. The average molecular weight is 258 g/mol. The molecule has 0 unspecified atom stereocenters. The van der Waals surface area contributed by atoms with Gasteiger partial charge in [0, 0.05) is 16.5 Å². The lowest BCUT2D eigenvalue weighted by Gasteiger charge is -2.01. The smallest absolute Gasteiger partial charge is 0.176 e. The second kappa shape index (κ2) is 4.82. The van der Waals surface area contributed by atoms with Gasteiger partial charge in [-0.3, -0.25) is 5.10 Å². The molecule has 2 N–H and O–H groups in total. The van der Waals surface area contributed by atoms with Crippen LogP contribution in [0.5, 0.6) is 0 Å². The number of aliphatic hydroxyl groups excluding tert-OH is 1. The number of H-pyrrole nitrogens is 1. The Morgan fingerprint density at radius 2 is 2.12 bits per heavy atom. The van der Waals surface area contributed by atoms with Crippen LogP contribution < -0.4 is 0 Å². The average Bonchev–Trinajstić information content (AvgIpc) is 2.70. The minimum Gasteiger partial charge on any atom is -0.388 e. The van der Waals surface area contributed by atoms with Gasteiger partial charge in [-0.1, -0.05) is 29.3 Å². The van der Waals surface area contributed by atoms with Crippen LogP contribution in [0.25, 0.3) is 0 Å². The first-order valence-electron chi connectivity index (χ1n) is 4.64. The van der Waals surface area contributed by atoms with Crippen molar-refractivity contribution >= 4 is 23.2 Å². The molecule has 0 aliphatic heterocycles. The number of aromatic nitrogens is 3. The monoisotopic (exact) mass is 257 g/mol. The van der Waals surface area contributed by atoms with E-state index in [4.69, 9.17) is 28.3 Å². The number of hydrogen-bond acceptors (Lipinski definition) is 3. The molecule has 0 atom stereocenters. The van der Waals surface area contributed by atoms with Crippen molar-refractivity contribution in [2.45, 2.75) is 13.0 Å². The molecule has 0 fully saturated rings. The first-order chi connectivity index (χ1) is 7.69. The van der Waals surface area contributed by atoms with E-state index >= 15 is 0 Å². The van der Waals surface area contributed by atoms with Crippen LogP contribution in [-0.2, 0) is 13.0 Å². The van der Waals surface area contributed by atoms with Gasteiger partial charge < -0.3 is 5.11 Å². The van der Waals surface area contributed by atoms with E-state index in [1.807, 2.05) is 6.07 Å². The molecule has 6 heteroatoms. The van der Waals surface area contributed by atoms with Gasteiger partial charge in [-0.2, -0.15) is 5.10 Å². The van der Waals surface area contributed by atoms with E-state index in [-0.39, 0.29) is 6.61 Å². The maximum atomic E-state index is 8.82. The fourth-order valence-electron chi connectivity index (χ4n) is 1.33. The molecule has 1 heterocycles. The zero-order valence-corrected chi connectivity index (χ0v) is 9.76. The first-order valence-corrected chi connectivity index (χ1v) is 5.39. The van der Waals surface area contributed by atoms with Crippen LogP contribution in [0.15, 0.2) is 18.2 Å². The maximum Gasteiger partial charge on any atom is 0.176 e. The van der Waals surface area contributed by atoms with Crippen LogP contribution in [0.3, 0.4) is 0 Å². The van der Waals surface area contributed by atoms with Crippen LogP contribution in [0.2, 0.25) is 10.0 Å². The predicted molar refractivity (Wildman–Crippen MR) is 61.6 cm³/mol. The molecule has 1 aromatic heterocycles. The largest absolute Gasteiger partial charge is 0.388 e. The van der Waals surface area contributed by atoms with Crippen molar-refractivity contribution in [3.8, 4) is 0 Å². The molecular formula is C10H9Cl2N3O.